The van der Waals surface area contributed by atoms with E-state index in [1.165, 1.54) is 12.0 Å². The number of esters is 1. The Kier molecular flexibility index (Phi) is 5.79. The monoisotopic (exact) mass is 341 g/mol. The smallest absolute Gasteiger partial charge is 0.337 e. The third-order valence-corrected chi connectivity index (χ3v) is 3.83. The molecule has 2 amide bonds. The molecule has 1 heterocycles. The fourth-order valence-corrected chi connectivity index (χ4v) is 2.63. The summed E-state index contributed by atoms with van der Waals surface area (Å²) in [6, 6.07) is 7.76. The summed E-state index contributed by atoms with van der Waals surface area (Å²) in [5, 5.41) is 11.4. The molecule has 1 aromatic rings. The van der Waals surface area contributed by atoms with E-state index in [0.717, 1.165) is 0 Å². The van der Waals surface area contributed by atoms with Gasteiger partial charge >= 0.3 is 12.0 Å². The summed E-state index contributed by atoms with van der Waals surface area (Å²) in [4.78, 5) is 26.1. The maximum absolute atomic E-state index is 12.4. The number of urea groups is 1. The van der Waals surface area contributed by atoms with Gasteiger partial charge in [-0.05, 0) is 24.6 Å². The molecule has 0 radical (unpaired) electrons. The van der Waals surface area contributed by atoms with E-state index in [9.17, 15) is 9.59 Å². The largest absolute Gasteiger partial charge is 0.479 e. The van der Waals surface area contributed by atoms with Gasteiger partial charge in [-0.3, -0.25) is 4.90 Å². The summed E-state index contributed by atoms with van der Waals surface area (Å²) in [5.41, 5.74) is 1.58. The summed E-state index contributed by atoms with van der Waals surface area (Å²) < 4.78 is 10.1. The predicted molar refractivity (Wildman–Crippen MR) is 90.4 cm³/mol. The summed E-state index contributed by atoms with van der Waals surface area (Å²) >= 11 is 0. The number of carbonyl (C=O) groups excluding carboxylic acids is 2. The fraction of sp³-hybridized carbons (Fsp3) is 0.278. The first-order valence-corrected chi connectivity index (χ1v) is 7.61. The van der Waals surface area contributed by atoms with E-state index in [4.69, 9.17) is 14.7 Å². The Morgan fingerprint density at radius 3 is 2.68 bits per heavy atom. The highest BCUT2D eigenvalue weighted by molar-refractivity contribution is 5.95. The van der Waals surface area contributed by atoms with E-state index < -0.39 is 12.0 Å². The average molecular weight is 341 g/mol. The molecule has 0 bridgehead atoms. The molecule has 1 atom stereocenters. The van der Waals surface area contributed by atoms with Crippen LogP contribution in [-0.2, 0) is 9.53 Å². The van der Waals surface area contributed by atoms with Crippen molar-refractivity contribution in [2.75, 3.05) is 20.3 Å². The van der Waals surface area contributed by atoms with E-state index in [1.807, 2.05) is 6.07 Å². The Labute approximate surface area is 146 Å². The molecule has 2 rings (SSSR count). The average Bonchev–Trinajstić information content (AvgIpc) is 2.63. The van der Waals surface area contributed by atoms with E-state index in [-0.39, 0.29) is 19.2 Å². The Morgan fingerprint density at radius 1 is 1.44 bits per heavy atom. The van der Waals surface area contributed by atoms with Gasteiger partial charge in [0.2, 0.25) is 0 Å². The zero-order chi connectivity index (χ0) is 18.4. The number of rotatable bonds is 6. The molecule has 130 valence electrons. The first-order chi connectivity index (χ1) is 12.0. The minimum atomic E-state index is -0.633. The molecular formula is C18H19N3O4. The highest BCUT2D eigenvalue weighted by Crippen LogP contribution is 2.31. The van der Waals surface area contributed by atoms with Crippen LogP contribution in [0.5, 0.6) is 5.75 Å². The number of amides is 2. The number of carbonyl (C=O) groups is 2. The Bertz CT molecular complexity index is 747. The molecule has 1 aromatic carbocycles. The lowest BCUT2D eigenvalue weighted by Crippen LogP contribution is -2.47. The first kappa shape index (κ1) is 18.1. The standard InChI is InChI=1S/C18H19N3O4/c1-4-10-21-12(2)15(17(22)24-3)16(20-18(21)23)13-5-7-14(8-6-13)25-11-9-19/h4-8,16H,1,10-11H2,2-3H3,(H,20,23)/t16-/m1/s1. The SMILES string of the molecule is C=CCN1C(=O)N[C@H](c2ccc(OCC#N)cc2)C(C(=O)OC)=C1C. The van der Waals surface area contributed by atoms with Crippen LogP contribution >= 0.6 is 0 Å². The Morgan fingerprint density at radius 2 is 2.12 bits per heavy atom. The number of allylic oxidation sites excluding steroid dienone is 1. The van der Waals surface area contributed by atoms with Gasteiger partial charge in [0.05, 0.1) is 18.7 Å². The molecule has 0 saturated carbocycles. The lowest BCUT2D eigenvalue weighted by molar-refractivity contribution is -0.136. The summed E-state index contributed by atoms with van der Waals surface area (Å²) in [7, 11) is 1.30. The van der Waals surface area contributed by atoms with Crippen LogP contribution in [0, 0.1) is 11.3 Å². The third-order valence-electron chi connectivity index (χ3n) is 3.83. The molecular weight excluding hydrogens is 322 g/mol. The minimum Gasteiger partial charge on any atom is -0.479 e. The number of ether oxygens (including phenoxy) is 2. The van der Waals surface area contributed by atoms with Gasteiger partial charge in [0.1, 0.15) is 11.8 Å². The van der Waals surface area contributed by atoms with Crippen molar-refractivity contribution >= 4 is 12.0 Å². The van der Waals surface area contributed by atoms with Gasteiger partial charge in [-0.25, -0.2) is 9.59 Å². The third kappa shape index (κ3) is 3.80. The van der Waals surface area contributed by atoms with Crippen molar-refractivity contribution < 1.29 is 19.1 Å². The van der Waals surface area contributed by atoms with E-state index in [1.54, 1.807) is 37.3 Å². The van der Waals surface area contributed by atoms with Gasteiger partial charge in [0.25, 0.3) is 0 Å². The van der Waals surface area contributed by atoms with Crippen molar-refractivity contribution in [1.82, 2.24) is 10.2 Å². The normalized spacial score (nSPS) is 16.8. The summed E-state index contributed by atoms with van der Waals surface area (Å²) in [6.07, 6.45) is 1.58. The lowest BCUT2D eigenvalue weighted by atomic mass is 9.95. The van der Waals surface area contributed by atoms with Gasteiger partial charge in [-0.2, -0.15) is 5.26 Å². The predicted octanol–water partition coefficient (Wildman–Crippen LogP) is 2.29. The molecule has 0 fully saturated rings. The van der Waals surface area contributed by atoms with E-state index >= 15 is 0 Å². The minimum absolute atomic E-state index is 0.0531. The summed E-state index contributed by atoms with van der Waals surface area (Å²) in [5.74, 6) is 0.0161. The molecule has 0 aliphatic carbocycles. The van der Waals surface area contributed by atoms with Crippen LogP contribution < -0.4 is 10.1 Å². The quantitative estimate of drug-likeness (QED) is 0.633. The second-order valence-electron chi connectivity index (χ2n) is 5.29. The molecule has 0 unspecified atom stereocenters. The molecule has 7 heteroatoms. The van der Waals surface area contributed by atoms with Crippen LogP contribution in [0.2, 0.25) is 0 Å². The van der Waals surface area contributed by atoms with Crippen molar-refractivity contribution in [2.45, 2.75) is 13.0 Å². The number of methoxy groups -OCH3 is 1. The lowest BCUT2D eigenvalue weighted by Gasteiger charge is -2.34. The number of nitrogens with zero attached hydrogens (tertiary/aromatic N) is 2. The first-order valence-electron chi connectivity index (χ1n) is 7.61. The second kappa shape index (κ2) is 8.02. The zero-order valence-corrected chi connectivity index (χ0v) is 14.1. The van der Waals surface area contributed by atoms with E-state index in [2.05, 4.69) is 11.9 Å². The van der Waals surface area contributed by atoms with Crippen LogP contribution in [0.25, 0.3) is 0 Å². The van der Waals surface area contributed by atoms with Crippen LogP contribution in [0.15, 0.2) is 48.2 Å². The molecule has 0 saturated heterocycles. The Hall–Kier alpha value is -3.27. The molecule has 0 spiro atoms. The van der Waals surface area contributed by atoms with Gasteiger partial charge in [0.15, 0.2) is 6.61 Å². The van der Waals surface area contributed by atoms with Crippen molar-refractivity contribution in [1.29, 1.82) is 5.26 Å². The fourth-order valence-electron chi connectivity index (χ4n) is 2.63. The van der Waals surface area contributed by atoms with Crippen molar-refractivity contribution in [2.24, 2.45) is 0 Å². The van der Waals surface area contributed by atoms with Crippen molar-refractivity contribution in [3.8, 4) is 11.8 Å². The van der Waals surface area contributed by atoms with Crippen molar-refractivity contribution in [3.05, 3.63) is 53.8 Å². The zero-order valence-electron chi connectivity index (χ0n) is 14.1. The van der Waals surface area contributed by atoms with Crippen LogP contribution in [0.4, 0.5) is 4.79 Å². The summed E-state index contributed by atoms with van der Waals surface area (Å²) in [6.45, 7) is 5.56. The number of hydrogen-bond donors (Lipinski definition) is 1. The molecule has 7 nitrogen and oxygen atoms in total. The molecule has 1 N–H and O–H groups in total. The number of nitrogens with one attached hydrogen (secondary N) is 1. The second-order valence-corrected chi connectivity index (χ2v) is 5.29. The number of nitriles is 1. The van der Waals surface area contributed by atoms with E-state index in [0.29, 0.717) is 22.6 Å². The highest BCUT2D eigenvalue weighted by atomic mass is 16.5. The van der Waals surface area contributed by atoms with Gasteiger partial charge in [0, 0.05) is 12.2 Å². The van der Waals surface area contributed by atoms with Crippen LogP contribution in [0.3, 0.4) is 0 Å². The van der Waals surface area contributed by atoms with Crippen LogP contribution in [0.1, 0.15) is 18.5 Å². The maximum atomic E-state index is 12.4. The molecule has 0 aromatic heterocycles. The topological polar surface area (TPSA) is 91.7 Å². The molecule has 1 aliphatic rings. The Balaban J connectivity index is 2.41. The number of hydrogen-bond acceptors (Lipinski definition) is 5. The number of benzene rings is 1. The molecule has 25 heavy (non-hydrogen) atoms. The molecule has 1 aliphatic heterocycles. The van der Waals surface area contributed by atoms with Gasteiger partial charge < -0.3 is 14.8 Å². The highest BCUT2D eigenvalue weighted by Gasteiger charge is 2.35. The van der Waals surface area contributed by atoms with Gasteiger partial charge in [-0.15, -0.1) is 6.58 Å². The van der Waals surface area contributed by atoms with Crippen LogP contribution in [-0.4, -0.2) is 37.2 Å². The van der Waals surface area contributed by atoms with Crippen molar-refractivity contribution in [3.63, 3.8) is 0 Å². The van der Waals surface area contributed by atoms with Gasteiger partial charge in [-0.1, -0.05) is 18.2 Å². The maximum Gasteiger partial charge on any atom is 0.337 e.